The molecule has 0 saturated heterocycles. The van der Waals surface area contributed by atoms with Crippen LogP contribution in [-0.4, -0.2) is 25.2 Å². The molecule has 3 heteroatoms. The molecule has 0 aliphatic rings. The molecule has 1 N–H and O–H groups in total. The molecule has 90 valence electrons. The largest absolute Gasteiger partial charge is 0.383 e. The van der Waals surface area contributed by atoms with E-state index in [0.717, 1.165) is 18.8 Å². The molecule has 0 bridgehead atoms. The van der Waals surface area contributed by atoms with Crippen molar-refractivity contribution >= 4 is 5.82 Å². The Hall–Kier alpha value is -1.09. The van der Waals surface area contributed by atoms with Crippen molar-refractivity contribution in [2.45, 2.75) is 27.2 Å². The highest BCUT2D eigenvalue weighted by Gasteiger charge is 2.11. The van der Waals surface area contributed by atoms with Gasteiger partial charge in [0.15, 0.2) is 0 Å². The van der Waals surface area contributed by atoms with Crippen molar-refractivity contribution in [3.63, 3.8) is 0 Å². The minimum atomic E-state index is 0.311. The van der Waals surface area contributed by atoms with Gasteiger partial charge in [0.05, 0.1) is 6.61 Å². The molecular weight excluding hydrogens is 200 g/mol. The zero-order valence-corrected chi connectivity index (χ0v) is 10.7. The first-order chi connectivity index (χ1) is 7.51. The highest BCUT2D eigenvalue weighted by atomic mass is 16.5. The van der Waals surface area contributed by atoms with Crippen molar-refractivity contribution in [1.29, 1.82) is 0 Å². The third-order valence-electron chi connectivity index (χ3n) is 2.17. The van der Waals surface area contributed by atoms with Gasteiger partial charge in [0.25, 0.3) is 0 Å². The Labute approximate surface area is 98.2 Å². The van der Waals surface area contributed by atoms with Gasteiger partial charge in [-0.15, -0.1) is 0 Å². The minimum absolute atomic E-state index is 0.311. The smallest absolute Gasteiger partial charge is 0.126 e. The van der Waals surface area contributed by atoms with Gasteiger partial charge in [-0.25, -0.2) is 4.98 Å². The molecule has 1 aromatic rings. The van der Waals surface area contributed by atoms with Crippen LogP contribution < -0.4 is 5.32 Å². The molecule has 0 unspecified atom stereocenters. The van der Waals surface area contributed by atoms with Gasteiger partial charge in [-0.05, 0) is 29.5 Å². The second-order valence-electron chi connectivity index (χ2n) is 5.21. The molecule has 1 heterocycles. The topological polar surface area (TPSA) is 34.1 Å². The predicted molar refractivity (Wildman–Crippen MR) is 67.8 cm³/mol. The van der Waals surface area contributed by atoms with Gasteiger partial charge in [0.2, 0.25) is 0 Å². The van der Waals surface area contributed by atoms with Gasteiger partial charge in [-0.1, -0.05) is 20.8 Å². The van der Waals surface area contributed by atoms with Gasteiger partial charge in [-0.3, -0.25) is 0 Å². The monoisotopic (exact) mass is 222 g/mol. The zero-order chi connectivity index (χ0) is 12.0. The van der Waals surface area contributed by atoms with Crippen LogP contribution in [0.25, 0.3) is 0 Å². The van der Waals surface area contributed by atoms with Crippen LogP contribution in [0.3, 0.4) is 0 Å². The van der Waals surface area contributed by atoms with Crippen molar-refractivity contribution in [3.8, 4) is 0 Å². The Balaban J connectivity index is 2.57. The van der Waals surface area contributed by atoms with Gasteiger partial charge in [0.1, 0.15) is 5.82 Å². The van der Waals surface area contributed by atoms with Crippen LogP contribution in [0.5, 0.6) is 0 Å². The first-order valence-corrected chi connectivity index (χ1v) is 5.69. The summed E-state index contributed by atoms with van der Waals surface area (Å²) in [6, 6.07) is 4.19. The molecule has 0 aromatic carbocycles. The van der Waals surface area contributed by atoms with E-state index in [1.807, 2.05) is 6.20 Å². The van der Waals surface area contributed by atoms with Crippen LogP contribution in [0.2, 0.25) is 0 Å². The van der Waals surface area contributed by atoms with E-state index < -0.39 is 0 Å². The number of pyridine rings is 1. The summed E-state index contributed by atoms with van der Waals surface area (Å²) >= 11 is 0. The number of anilines is 1. The molecule has 1 rings (SSSR count). The first kappa shape index (κ1) is 13.0. The number of aromatic nitrogens is 1. The number of methoxy groups -OCH3 is 1. The molecule has 3 nitrogen and oxygen atoms in total. The van der Waals surface area contributed by atoms with Crippen molar-refractivity contribution in [2.75, 3.05) is 25.6 Å². The highest BCUT2D eigenvalue weighted by molar-refractivity contribution is 5.37. The van der Waals surface area contributed by atoms with E-state index in [-0.39, 0.29) is 0 Å². The Morgan fingerprint density at radius 3 is 2.75 bits per heavy atom. The number of ether oxygens (including phenoxy) is 1. The number of nitrogens with one attached hydrogen (secondary N) is 1. The summed E-state index contributed by atoms with van der Waals surface area (Å²) in [5.41, 5.74) is 1.63. The molecule has 0 aliphatic heterocycles. The van der Waals surface area contributed by atoms with Crippen LogP contribution in [-0.2, 0) is 11.2 Å². The molecule has 0 fully saturated rings. The summed E-state index contributed by atoms with van der Waals surface area (Å²) in [6.45, 7) is 8.22. The van der Waals surface area contributed by atoms with E-state index >= 15 is 0 Å². The molecule has 0 amide bonds. The Kier molecular flexibility index (Phi) is 4.74. The van der Waals surface area contributed by atoms with Gasteiger partial charge < -0.3 is 10.1 Å². The Morgan fingerprint density at radius 2 is 2.12 bits per heavy atom. The molecule has 0 atom stereocenters. The lowest BCUT2D eigenvalue weighted by atomic mass is 9.88. The average Bonchev–Trinajstić information content (AvgIpc) is 2.16. The fourth-order valence-corrected chi connectivity index (χ4v) is 1.57. The van der Waals surface area contributed by atoms with Gasteiger partial charge in [0, 0.05) is 19.9 Å². The summed E-state index contributed by atoms with van der Waals surface area (Å²) in [5, 5.41) is 3.24. The third kappa shape index (κ3) is 5.12. The zero-order valence-electron chi connectivity index (χ0n) is 10.7. The second kappa shape index (κ2) is 5.85. The Morgan fingerprint density at radius 1 is 1.38 bits per heavy atom. The molecule has 0 spiro atoms. The van der Waals surface area contributed by atoms with E-state index in [0.29, 0.717) is 12.0 Å². The summed E-state index contributed by atoms with van der Waals surface area (Å²) in [5.74, 6) is 0.929. The molecule has 0 saturated carbocycles. The standard InChI is InChI=1S/C13H22N2O/c1-13(2,3)10-11-5-6-14-12(9-11)15-7-8-16-4/h5-6,9H,7-8,10H2,1-4H3,(H,14,15). The Bertz CT molecular complexity index is 318. The van der Waals surface area contributed by atoms with Crippen LogP contribution >= 0.6 is 0 Å². The van der Waals surface area contributed by atoms with E-state index in [1.165, 1.54) is 5.56 Å². The van der Waals surface area contributed by atoms with Gasteiger partial charge in [-0.2, -0.15) is 0 Å². The molecular formula is C13H22N2O. The van der Waals surface area contributed by atoms with Crippen molar-refractivity contribution in [2.24, 2.45) is 5.41 Å². The SMILES string of the molecule is COCCNc1cc(CC(C)(C)C)ccn1. The van der Waals surface area contributed by atoms with E-state index in [9.17, 15) is 0 Å². The lowest BCUT2D eigenvalue weighted by Gasteiger charge is -2.18. The highest BCUT2D eigenvalue weighted by Crippen LogP contribution is 2.21. The summed E-state index contributed by atoms with van der Waals surface area (Å²) in [4.78, 5) is 4.27. The second-order valence-corrected chi connectivity index (χ2v) is 5.21. The van der Waals surface area contributed by atoms with Crippen LogP contribution in [0, 0.1) is 5.41 Å². The molecule has 1 aromatic heterocycles. The maximum atomic E-state index is 4.98. The summed E-state index contributed by atoms with van der Waals surface area (Å²) in [6.07, 6.45) is 2.92. The third-order valence-corrected chi connectivity index (χ3v) is 2.17. The fourth-order valence-electron chi connectivity index (χ4n) is 1.57. The maximum absolute atomic E-state index is 4.98. The average molecular weight is 222 g/mol. The lowest BCUT2D eigenvalue weighted by Crippen LogP contribution is -2.11. The number of hydrogen-bond donors (Lipinski definition) is 1. The number of nitrogens with zero attached hydrogens (tertiary/aromatic N) is 1. The molecule has 0 aliphatic carbocycles. The van der Waals surface area contributed by atoms with Crippen LogP contribution in [0.15, 0.2) is 18.3 Å². The summed E-state index contributed by atoms with van der Waals surface area (Å²) < 4.78 is 4.98. The van der Waals surface area contributed by atoms with E-state index in [1.54, 1.807) is 7.11 Å². The summed E-state index contributed by atoms with van der Waals surface area (Å²) in [7, 11) is 1.70. The van der Waals surface area contributed by atoms with Crippen LogP contribution in [0.1, 0.15) is 26.3 Å². The quantitative estimate of drug-likeness (QED) is 0.778. The first-order valence-electron chi connectivity index (χ1n) is 5.69. The minimum Gasteiger partial charge on any atom is -0.383 e. The normalized spacial score (nSPS) is 11.5. The fraction of sp³-hybridized carbons (Fsp3) is 0.615. The van der Waals surface area contributed by atoms with Crippen molar-refractivity contribution < 1.29 is 4.74 Å². The van der Waals surface area contributed by atoms with Crippen LogP contribution in [0.4, 0.5) is 5.82 Å². The number of hydrogen-bond acceptors (Lipinski definition) is 3. The maximum Gasteiger partial charge on any atom is 0.126 e. The van der Waals surface area contributed by atoms with Gasteiger partial charge >= 0.3 is 0 Å². The van der Waals surface area contributed by atoms with E-state index in [4.69, 9.17) is 4.74 Å². The lowest BCUT2D eigenvalue weighted by molar-refractivity contribution is 0.210. The van der Waals surface area contributed by atoms with E-state index in [2.05, 4.69) is 43.2 Å². The number of rotatable bonds is 5. The predicted octanol–water partition coefficient (Wildman–Crippen LogP) is 2.73. The molecule has 0 radical (unpaired) electrons. The molecule has 16 heavy (non-hydrogen) atoms. The van der Waals surface area contributed by atoms with Crippen molar-refractivity contribution in [1.82, 2.24) is 4.98 Å². The van der Waals surface area contributed by atoms with Crippen molar-refractivity contribution in [3.05, 3.63) is 23.9 Å².